The molecule has 2 amide bonds. The molecule has 0 spiro atoms. The van der Waals surface area contributed by atoms with Gasteiger partial charge in [-0.3, -0.25) is 9.59 Å². The summed E-state index contributed by atoms with van der Waals surface area (Å²) in [6.45, 7) is 3.56. The van der Waals surface area contributed by atoms with Gasteiger partial charge in [0.05, 0.1) is 25.5 Å². The molecular formula is C31H42FN7O3. The molecule has 2 aromatic rings. The second-order valence-electron chi connectivity index (χ2n) is 11.1. The van der Waals surface area contributed by atoms with E-state index in [1.807, 2.05) is 4.90 Å². The van der Waals surface area contributed by atoms with Crippen LogP contribution in [0, 0.1) is 12.3 Å². The molecule has 1 saturated carbocycles. The van der Waals surface area contributed by atoms with Crippen molar-refractivity contribution >= 4 is 35.0 Å². The Kier molecular flexibility index (Phi) is 10.6. The Balaban J connectivity index is 0.00000129. The minimum atomic E-state index is -1.63. The molecule has 11 heteroatoms. The van der Waals surface area contributed by atoms with Crippen LogP contribution in [0.25, 0.3) is 0 Å². The average molecular weight is 580 g/mol. The highest BCUT2D eigenvalue weighted by atomic mass is 19.1. The van der Waals surface area contributed by atoms with Gasteiger partial charge in [0.1, 0.15) is 11.4 Å². The van der Waals surface area contributed by atoms with E-state index >= 15 is 0 Å². The fraction of sp³-hybridized carbons (Fsp3) is 0.548. The molecule has 0 radical (unpaired) electrons. The summed E-state index contributed by atoms with van der Waals surface area (Å²) in [4.78, 5) is 40.2. The molecular weight excluding hydrogens is 537 g/mol. The number of terminal acetylenes is 1. The lowest BCUT2D eigenvalue weighted by Gasteiger charge is -2.35. The molecule has 2 aliphatic heterocycles. The largest absolute Gasteiger partial charge is 0.495 e. The van der Waals surface area contributed by atoms with E-state index in [0.29, 0.717) is 34.5 Å². The van der Waals surface area contributed by atoms with Crippen molar-refractivity contribution < 1.29 is 18.7 Å². The summed E-state index contributed by atoms with van der Waals surface area (Å²) in [5.74, 6) is 2.85. The van der Waals surface area contributed by atoms with Crippen molar-refractivity contribution in [3.8, 4) is 18.1 Å². The first kappa shape index (κ1) is 31.0. The van der Waals surface area contributed by atoms with Crippen LogP contribution in [0.4, 0.5) is 27.5 Å². The molecule has 42 heavy (non-hydrogen) atoms. The monoisotopic (exact) mass is 579 g/mol. The van der Waals surface area contributed by atoms with Gasteiger partial charge in [0, 0.05) is 24.7 Å². The zero-order valence-corrected chi connectivity index (χ0v) is 25.0. The molecule has 1 unspecified atom stereocenters. The van der Waals surface area contributed by atoms with Crippen LogP contribution < -0.4 is 25.2 Å². The number of piperidine rings is 1. The van der Waals surface area contributed by atoms with Gasteiger partial charge in [0.2, 0.25) is 5.95 Å². The second-order valence-corrected chi connectivity index (χ2v) is 11.1. The smallest absolute Gasteiger partial charge is 0.263 e. The Morgan fingerprint density at radius 3 is 2.50 bits per heavy atom. The highest BCUT2D eigenvalue weighted by molar-refractivity contribution is 6.00. The normalized spacial score (nSPS) is 20.0. The first-order valence-electron chi connectivity index (χ1n) is 14.6. The number of rotatable bonds is 6. The number of aromatic nitrogens is 2. The summed E-state index contributed by atoms with van der Waals surface area (Å²) in [7, 11) is 5.20. The van der Waals surface area contributed by atoms with Crippen molar-refractivity contribution in [2.24, 2.45) is 0 Å². The molecule has 2 N–H and O–H groups in total. The van der Waals surface area contributed by atoms with Gasteiger partial charge < -0.3 is 30.1 Å². The number of carbonyl (C=O) groups excluding carboxylic acids is 2. The number of carbonyl (C=O) groups is 2. The third kappa shape index (κ3) is 7.29. The molecule has 1 aliphatic carbocycles. The van der Waals surface area contributed by atoms with Gasteiger partial charge in [-0.15, -0.1) is 12.3 Å². The van der Waals surface area contributed by atoms with Crippen molar-refractivity contribution in [1.82, 2.24) is 20.2 Å². The van der Waals surface area contributed by atoms with E-state index in [1.54, 1.807) is 45.5 Å². The number of halogens is 1. The maximum atomic E-state index is 14.9. The van der Waals surface area contributed by atoms with Gasteiger partial charge in [0.15, 0.2) is 12.0 Å². The number of benzene rings is 1. The highest BCUT2D eigenvalue weighted by Crippen LogP contribution is 2.37. The highest BCUT2D eigenvalue weighted by Gasteiger charge is 2.36. The fourth-order valence-electron chi connectivity index (χ4n) is 5.73. The Morgan fingerprint density at radius 1 is 1.14 bits per heavy atom. The number of nitrogens with zero attached hydrogens (tertiary/aromatic N) is 5. The first-order chi connectivity index (χ1) is 20.2. The third-order valence-corrected chi connectivity index (χ3v) is 8.12. The van der Waals surface area contributed by atoms with Crippen molar-refractivity contribution in [1.29, 1.82) is 0 Å². The van der Waals surface area contributed by atoms with E-state index in [1.165, 1.54) is 4.90 Å². The van der Waals surface area contributed by atoms with Crippen LogP contribution >= 0.6 is 0 Å². The summed E-state index contributed by atoms with van der Waals surface area (Å²) < 4.78 is 20.5. The Labute approximate surface area is 248 Å². The molecule has 10 nitrogen and oxygen atoms in total. The topological polar surface area (TPSA) is 103 Å². The molecule has 1 aromatic carbocycles. The van der Waals surface area contributed by atoms with Crippen LogP contribution in [0.5, 0.6) is 5.75 Å². The molecule has 2 fully saturated rings. The number of anilines is 4. The van der Waals surface area contributed by atoms with Gasteiger partial charge in [0.25, 0.3) is 11.8 Å². The van der Waals surface area contributed by atoms with E-state index in [9.17, 15) is 14.0 Å². The van der Waals surface area contributed by atoms with Crippen LogP contribution in [0.3, 0.4) is 0 Å². The van der Waals surface area contributed by atoms with E-state index in [4.69, 9.17) is 9.72 Å². The summed E-state index contributed by atoms with van der Waals surface area (Å²) in [6.07, 6.45) is 11.6. The maximum Gasteiger partial charge on any atom is 0.263 e. The third-order valence-electron chi connectivity index (χ3n) is 8.12. The van der Waals surface area contributed by atoms with Gasteiger partial charge in [-0.2, -0.15) is 4.98 Å². The lowest BCUT2D eigenvalue weighted by atomic mass is 9.94. The summed E-state index contributed by atoms with van der Waals surface area (Å²) >= 11 is 0. The predicted molar refractivity (Wildman–Crippen MR) is 163 cm³/mol. The number of fused-ring (bicyclic) bond motifs is 1. The minimum Gasteiger partial charge on any atom is -0.495 e. The van der Waals surface area contributed by atoms with Crippen molar-refractivity contribution in [2.45, 2.75) is 70.1 Å². The number of ether oxygens (including phenoxy) is 1. The van der Waals surface area contributed by atoms with Gasteiger partial charge in [-0.25, -0.2) is 9.37 Å². The number of alkyl halides is 1. The summed E-state index contributed by atoms with van der Waals surface area (Å²) in [5.41, 5.74) is 1.60. The SMILES string of the molecule is C#CC.COc1cc(C(=O)NC2CCN(C)CC2)ccc1Nc1ncc2c(n1)N(C1CCCCC1)CC(F)C(=O)N2C. The molecule has 3 aliphatic rings. The van der Waals surface area contributed by atoms with Crippen LogP contribution in [0.15, 0.2) is 24.4 Å². The zero-order valence-electron chi connectivity index (χ0n) is 25.0. The van der Waals surface area contributed by atoms with Crippen molar-refractivity contribution in [2.75, 3.05) is 56.0 Å². The van der Waals surface area contributed by atoms with Crippen molar-refractivity contribution in [3.05, 3.63) is 30.0 Å². The van der Waals surface area contributed by atoms with E-state index in [-0.39, 0.29) is 24.5 Å². The second kappa shape index (κ2) is 14.3. The quantitative estimate of drug-likeness (QED) is 0.493. The summed E-state index contributed by atoms with van der Waals surface area (Å²) in [6, 6.07) is 5.49. The van der Waals surface area contributed by atoms with Gasteiger partial charge >= 0.3 is 0 Å². The first-order valence-corrected chi connectivity index (χ1v) is 14.6. The van der Waals surface area contributed by atoms with Crippen molar-refractivity contribution in [3.63, 3.8) is 0 Å². The van der Waals surface area contributed by atoms with Gasteiger partial charge in [-0.1, -0.05) is 19.3 Å². The Morgan fingerprint density at radius 2 is 1.83 bits per heavy atom. The van der Waals surface area contributed by atoms with Crippen LogP contribution in [0.2, 0.25) is 0 Å². The fourth-order valence-corrected chi connectivity index (χ4v) is 5.73. The maximum absolute atomic E-state index is 14.9. The number of nitrogens with one attached hydrogen (secondary N) is 2. The predicted octanol–water partition coefficient (Wildman–Crippen LogP) is 4.15. The van der Waals surface area contributed by atoms with E-state index < -0.39 is 12.1 Å². The molecule has 5 rings (SSSR count). The standard InChI is InChI=1S/C28H38FN7O3.C3H4/c1-34-13-11-19(12-14-34)31-26(37)18-9-10-22(24(15-18)39-3)32-28-30-16-23-25(33-28)36(20-7-5-4-6-8-20)17-21(29)27(38)35(23)2;1-3-2/h9-10,15-16,19-21H,4-8,11-14,17H2,1-3H3,(H,31,37)(H,30,32,33);1H,2H3. The lowest BCUT2D eigenvalue weighted by molar-refractivity contribution is -0.122. The molecule has 1 saturated heterocycles. The average Bonchev–Trinajstić information content (AvgIpc) is 3.09. The Bertz CT molecular complexity index is 1290. The molecule has 3 heterocycles. The minimum absolute atomic E-state index is 0.0261. The number of likely N-dealkylation sites (tertiary alicyclic amines) is 1. The number of hydrogen-bond acceptors (Lipinski definition) is 8. The Hall–Kier alpha value is -3.91. The lowest BCUT2D eigenvalue weighted by Crippen LogP contribution is -2.43. The number of hydrogen-bond donors (Lipinski definition) is 2. The summed E-state index contributed by atoms with van der Waals surface area (Å²) in [5, 5.41) is 6.33. The number of amides is 2. The number of methoxy groups -OCH3 is 1. The van der Waals surface area contributed by atoms with Crippen LogP contribution in [-0.2, 0) is 4.79 Å². The molecule has 226 valence electrons. The molecule has 0 bridgehead atoms. The van der Waals surface area contributed by atoms with Crippen LogP contribution in [-0.4, -0.2) is 85.8 Å². The molecule has 1 atom stereocenters. The zero-order chi connectivity index (χ0) is 30.2. The van der Waals surface area contributed by atoms with E-state index in [2.05, 4.69) is 39.9 Å². The van der Waals surface area contributed by atoms with Crippen LogP contribution in [0.1, 0.15) is 62.2 Å². The molecule has 1 aromatic heterocycles. The van der Waals surface area contributed by atoms with E-state index in [0.717, 1.165) is 58.0 Å². The van der Waals surface area contributed by atoms with Gasteiger partial charge in [-0.05, 0) is 70.9 Å².